The molecule has 4 heteroatoms. The second-order valence-electron chi connectivity index (χ2n) is 6.64. The Bertz CT molecular complexity index is 875. The monoisotopic (exact) mass is 374 g/mol. The van der Waals surface area contributed by atoms with Gasteiger partial charge >= 0.3 is 0 Å². The van der Waals surface area contributed by atoms with Crippen LogP contribution in [0.25, 0.3) is 11.1 Å². The number of carbonyl (C=O) groups is 1. The number of benzene rings is 3. The van der Waals surface area contributed by atoms with Gasteiger partial charge < -0.3 is 10.1 Å². The van der Waals surface area contributed by atoms with Gasteiger partial charge in [-0.15, -0.1) is 0 Å². The summed E-state index contributed by atoms with van der Waals surface area (Å²) < 4.78 is 5.14. The average Bonchev–Trinajstić information content (AvgIpc) is 2.75. The van der Waals surface area contributed by atoms with Crippen molar-refractivity contribution in [3.8, 4) is 16.9 Å². The fourth-order valence-corrected chi connectivity index (χ4v) is 3.05. The highest BCUT2D eigenvalue weighted by Gasteiger charge is 2.10. The first kappa shape index (κ1) is 19.6. The predicted molar refractivity (Wildman–Crippen MR) is 114 cm³/mol. The maximum atomic E-state index is 12.4. The Kier molecular flexibility index (Phi) is 6.82. The number of ether oxygens (including phenoxy) is 1. The first-order valence-corrected chi connectivity index (χ1v) is 9.48. The molecule has 1 amide bonds. The molecule has 3 aromatic carbocycles. The maximum Gasteiger partial charge on any atom is 0.238 e. The van der Waals surface area contributed by atoms with Crippen LogP contribution in [-0.2, 0) is 11.3 Å². The zero-order valence-electron chi connectivity index (χ0n) is 16.4. The van der Waals surface area contributed by atoms with E-state index in [1.807, 2.05) is 42.5 Å². The molecule has 4 nitrogen and oxygen atoms in total. The van der Waals surface area contributed by atoms with Gasteiger partial charge in [0.15, 0.2) is 0 Å². The van der Waals surface area contributed by atoms with E-state index in [1.54, 1.807) is 7.11 Å². The Labute approximate surface area is 166 Å². The van der Waals surface area contributed by atoms with Gasteiger partial charge in [0.1, 0.15) is 5.75 Å². The van der Waals surface area contributed by atoms with Crippen molar-refractivity contribution in [1.82, 2.24) is 4.90 Å². The van der Waals surface area contributed by atoms with Crippen molar-refractivity contribution in [2.75, 3.05) is 25.5 Å². The van der Waals surface area contributed by atoms with E-state index >= 15 is 0 Å². The van der Waals surface area contributed by atoms with Crippen LogP contribution in [0.1, 0.15) is 12.5 Å². The molecule has 0 aliphatic heterocycles. The standard InChI is InChI=1S/C24H26N2O2/c1-3-26(18-24(27)25-22-13-15-23(28-2)16-14-22)17-19-9-11-21(12-10-19)20-7-5-4-6-8-20/h4-16H,3,17-18H2,1-2H3,(H,25,27). The predicted octanol–water partition coefficient (Wildman–Crippen LogP) is 4.82. The molecular formula is C24H26N2O2. The molecule has 1 N–H and O–H groups in total. The fourth-order valence-electron chi connectivity index (χ4n) is 3.05. The van der Waals surface area contributed by atoms with Crippen LogP contribution in [0.2, 0.25) is 0 Å². The molecule has 0 aliphatic rings. The summed E-state index contributed by atoms with van der Waals surface area (Å²) in [4.78, 5) is 14.5. The van der Waals surface area contributed by atoms with Crippen molar-refractivity contribution in [3.63, 3.8) is 0 Å². The first-order valence-electron chi connectivity index (χ1n) is 9.48. The second kappa shape index (κ2) is 9.72. The number of carbonyl (C=O) groups excluding carboxylic acids is 1. The van der Waals surface area contributed by atoms with Crippen molar-refractivity contribution in [3.05, 3.63) is 84.4 Å². The summed E-state index contributed by atoms with van der Waals surface area (Å²) in [5.41, 5.74) is 4.37. The highest BCUT2D eigenvalue weighted by Crippen LogP contribution is 2.20. The van der Waals surface area contributed by atoms with E-state index in [1.165, 1.54) is 16.7 Å². The van der Waals surface area contributed by atoms with Crippen LogP contribution in [0.15, 0.2) is 78.9 Å². The van der Waals surface area contributed by atoms with Gasteiger partial charge in [0.05, 0.1) is 13.7 Å². The molecule has 0 atom stereocenters. The van der Waals surface area contributed by atoms with E-state index in [0.29, 0.717) is 6.54 Å². The highest BCUT2D eigenvalue weighted by atomic mass is 16.5. The van der Waals surface area contributed by atoms with E-state index < -0.39 is 0 Å². The molecule has 0 bridgehead atoms. The molecular weight excluding hydrogens is 348 g/mol. The van der Waals surface area contributed by atoms with Gasteiger partial charge in [0.2, 0.25) is 5.91 Å². The average molecular weight is 374 g/mol. The second-order valence-corrected chi connectivity index (χ2v) is 6.64. The summed E-state index contributed by atoms with van der Waals surface area (Å²) in [5.74, 6) is 0.750. The summed E-state index contributed by atoms with van der Waals surface area (Å²) in [7, 11) is 1.62. The molecule has 28 heavy (non-hydrogen) atoms. The lowest BCUT2D eigenvalue weighted by Gasteiger charge is -2.20. The molecule has 0 radical (unpaired) electrons. The summed E-state index contributed by atoms with van der Waals surface area (Å²) in [5, 5.41) is 2.94. The quantitative estimate of drug-likeness (QED) is 0.614. The van der Waals surface area contributed by atoms with Gasteiger partial charge in [-0.25, -0.2) is 0 Å². The van der Waals surface area contributed by atoms with Crippen LogP contribution in [-0.4, -0.2) is 31.0 Å². The third kappa shape index (κ3) is 5.44. The summed E-state index contributed by atoms with van der Waals surface area (Å²) in [6, 6.07) is 26.2. The molecule has 0 heterocycles. The SMILES string of the molecule is CCN(CC(=O)Nc1ccc(OC)cc1)Cc1ccc(-c2ccccc2)cc1. The van der Waals surface area contributed by atoms with Crippen LogP contribution in [0, 0.1) is 0 Å². The first-order chi connectivity index (χ1) is 13.7. The number of likely N-dealkylation sites (N-methyl/N-ethyl adjacent to an activating group) is 1. The minimum Gasteiger partial charge on any atom is -0.497 e. The lowest BCUT2D eigenvalue weighted by Crippen LogP contribution is -2.32. The van der Waals surface area contributed by atoms with Gasteiger partial charge in [-0.2, -0.15) is 0 Å². The highest BCUT2D eigenvalue weighted by molar-refractivity contribution is 5.92. The number of nitrogens with zero attached hydrogens (tertiary/aromatic N) is 1. The lowest BCUT2D eigenvalue weighted by molar-refractivity contribution is -0.117. The number of amides is 1. The summed E-state index contributed by atoms with van der Waals surface area (Å²) in [6.45, 7) is 3.96. The third-order valence-electron chi connectivity index (χ3n) is 4.66. The molecule has 0 spiro atoms. The molecule has 3 rings (SSSR count). The number of rotatable bonds is 8. The van der Waals surface area contributed by atoms with Gasteiger partial charge in [-0.1, -0.05) is 61.5 Å². The Morgan fingerprint density at radius 2 is 1.54 bits per heavy atom. The topological polar surface area (TPSA) is 41.6 Å². The van der Waals surface area contributed by atoms with Gasteiger partial charge in [0.25, 0.3) is 0 Å². The van der Waals surface area contributed by atoms with Crippen molar-refractivity contribution in [2.45, 2.75) is 13.5 Å². The largest absolute Gasteiger partial charge is 0.497 e. The van der Waals surface area contributed by atoms with E-state index in [9.17, 15) is 4.79 Å². The van der Waals surface area contributed by atoms with E-state index in [-0.39, 0.29) is 5.91 Å². The Hall–Kier alpha value is -3.11. The number of hydrogen-bond donors (Lipinski definition) is 1. The third-order valence-corrected chi connectivity index (χ3v) is 4.66. The minimum atomic E-state index is -0.0204. The molecule has 3 aromatic rings. The molecule has 0 aromatic heterocycles. The van der Waals surface area contributed by atoms with E-state index in [0.717, 1.165) is 24.5 Å². The number of anilines is 1. The Balaban J connectivity index is 1.56. The molecule has 0 fully saturated rings. The lowest BCUT2D eigenvalue weighted by atomic mass is 10.0. The molecule has 0 unspecified atom stereocenters. The molecule has 0 saturated carbocycles. The van der Waals surface area contributed by atoms with E-state index in [2.05, 4.69) is 53.5 Å². The molecule has 0 aliphatic carbocycles. The minimum absolute atomic E-state index is 0.0204. The Morgan fingerprint density at radius 3 is 2.14 bits per heavy atom. The normalized spacial score (nSPS) is 10.7. The smallest absolute Gasteiger partial charge is 0.238 e. The zero-order chi connectivity index (χ0) is 19.8. The van der Waals surface area contributed by atoms with Crippen molar-refractivity contribution < 1.29 is 9.53 Å². The van der Waals surface area contributed by atoms with Crippen LogP contribution in [0.3, 0.4) is 0 Å². The Morgan fingerprint density at radius 1 is 0.893 bits per heavy atom. The van der Waals surface area contributed by atoms with Crippen LogP contribution < -0.4 is 10.1 Å². The van der Waals surface area contributed by atoms with Crippen LogP contribution in [0.5, 0.6) is 5.75 Å². The maximum absolute atomic E-state index is 12.4. The number of nitrogens with one attached hydrogen (secondary N) is 1. The van der Waals surface area contributed by atoms with Crippen molar-refractivity contribution in [1.29, 1.82) is 0 Å². The summed E-state index contributed by atoms with van der Waals surface area (Å²) >= 11 is 0. The van der Waals surface area contributed by atoms with Crippen molar-refractivity contribution >= 4 is 11.6 Å². The van der Waals surface area contributed by atoms with E-state index in [4.69, 9.17) is 4.74 Å². The van der Waals surface area contributed by atoms with Crippen molar-refractivity contribution in [2.24, 2.45) is 0 Å². The van der Waals surface area contributed by atoms with Gasteiger partial charge in [0, 0.05) is 12.2 Å². The molecule has 144 valence electrons. The zero-order valence-corrected chi connectivity index (χ0v) is 16.4. The van der Waals surface area contributed by atoms with Gasteiger partial charge in [-0.3, -0.25) is 9.69 Å². The summed E-state index contributed by atoms with van der Waals surface area (Å²) in [6.07, 6.45) is 0. The van der Waals surface area contributed by atoms with Crippen LogP contribution in [0.4, 0.5) is 5.69 Å². The fraction of sp³-hybridized carbons (Fsp3) is 0.208. The number of hydrogen-bond acceptors (Lipinski definition) is 3. The number of methoxy groups -OCH3 is 1. The van der Waals surface area contributed by atoms with Gasteiger partial charge in [-0.05, 0) is 47.5 Å². The van der Waals surface area contributed by atoms with Crippen LogP contribution >= 0.6 is 0 Å². The molecule has 0 saturated heterocycles.